The molecule has 0 aromatic heterocycles. The number of benzene rings is 1. The lowest BCUT2D eigenvalue weighted by Crippen LogP contribution is -2.42. The Morgan fingerprint density at radius 2 is 2.08 bits per heavy atom. The topological polar surface area (TPSA) is 166 Å². The predicted molar refractivity (Wildman–Crippen MR) is 75.2 cm³/mol. The quantitative estimate of drug-likeness (QED) is 0.454. The number of rotatable bonds is 4. The van der Waals surface area contributed by atoms with Crippen LogP contribution in [-0.4, -0.2) is 63.9 Å². The van der Waals surface area contributed by atoms with Crippen molar-refractivity contribution in [3.63, 3.8) is 0 Å². The van der Waals surface area contributed by atoms with Gasteiger partial charge in [-0.3, -0.25) is 4.79 Å². The number of carboxylic acid groups (broad SMARTS) is 1. The van der Waals surface area contributed by atoms with Gasteiger partial charge in [0.25, 0.3) is 0 Å². The van der Waals surface area contributed by atoms with Crippen LogP contribution in [0.3, 0.4) is 0 Å². The Labute approximate surface area is 139 Å². The van der Waals surface area contributed by atoms with Gasteiger partial charge < -0.3 is 24.8 Å². The number of aliphatic hydroxyl groups is 2. The molecule has 0 radical (unpaired) electrons. The minimum Gasteiger partial charge on any atom is -0.478 e. The Bertz CT molecular complexity index is 749. The molecule has 2 aliphatic rings. The van der Waals surface area contributed by atoms with Crippen molar-refractivity contribution < 1.29 is 44.3 Å². The van der Waals surface area contributed by atoms with Crippen molar-refractivity contribution in [3.8, 4) is 0 Å². The number of fused-ring (bicyclic) bond motifs is 1. The van der Waals surface area contributed by atoms with Crippen LogP contribution in [0.15, 0.2) is 18.2 Å². The van der Waals surface area contributed by atoms with E-state index in [1.807, 2.05) is 0 Å². The molecule has 25 heavy (non-hydrogen) atoms. The van der Waals surface area contributed by atoms with E-state index in [1.165, 1.54) is 0 Å². The van der Waals surface area contributed by atoms with Crippen LogP contribution in [0.4, 0.5) is 0 Å². The lowest BCUT2D eigenvalue weighted by Gasteiger charge is -2.28. The highest BCUT2D eigenvalue weighted by atomic mass is 17.0. The first-order valence-corrected chi connectivity index (χ1v) is 7.12. The number of hydrogen-bond donors (Lipinski definition) is 3. The summed E-state index contributed by atoms with van der Waals surface area (Å²) in [7, 11) is 0. The summed E-state index contributed by atoms with van der Waals surface area (Å²) in [5, 5.41) is 39.1. The van der Waals surface area contributed by atoms with E-state index >= 15 is 0 Å². The fourth-order valence-corrected chi connectivity index (χ4v) is 3.07. The van der Waals surface area contributed by atoms with Crippen LogP contribution in [0, 0.1) is 10.1 Å². The normalized spacial score (nSPS) is 30.7. The second kappa shape index (κ2) is 6.04. The average Bonchev–Trinajstić information content (AvgIpc) is 3.08. The Morgan fingerprint density at radius 3 is 2.72 bits per heavy atom. The standard InChI is InChI=1S/C14H13NO10/c16-9-4-23-11-10(9)24-5-14(11,20)8-3-6(13(19)25-15(21)22)1-2-7(8)12(17)18/h1-3,9-11,16,20H,4-5H2,(H,17,18)/t9-,10-,11+,14+/m1/s1. The molecular formula is C14H13NO10. The lowest BCUT2D eigenvalue weighted by molar-refractivity contribution is -0.727. The van der Waals surface area contributed by atoms with Gasteiger partial charge in [0.1, 0.15) is 23.9 Å². The monoisotopic (exact) mass is 355 g/mol. The summed E-state index contributed by atoms with van der Waals surface area (Å²) in [6, 6.07) is 3.03. The number of aromatic carboxylic acids is 1. The Hall–Kier alpha value is -2.60. The maximum atomic E-state index is 11.7. The molecule has 0 unspecified atom stereocenters. The predicted octanol–water partition coefficient (Wildman–Crippen LogP) is -0.921. The molecule has 1 aromatic rings. The van der Waals surface area contributed by atoms with E-state index in [9.17, 15) is 35.0 Å². The van der Waals surface area contributed by atoms with Crippen LogP contribution in [0.5, 0.6) is 0 Å². The molecule has 2 saturated heterocycles. The lowest BCUT2D eigenvalue weighted by atomic mass is 9.84. The van der Waals surface area contributed by atoms with Gasteiger partial charge in [-0.2, -0.15) is 0 Å². The van der Waals surface area contributed by atoms with E-state index in [1.54, 1.807) is 0 Å². The number of ether oxygens (including phenoxy) is 2. The second-order valence-electron chi connectivity index (χ2n) is 5.69. The van der Waals surface area contributed by atoms with Gasteiger partial charge in [0, 0.05) is 11.1 Å². The average molecular weight is 355 g/mol. The van der Waals surface area contributed by atoms with E-state index in [4.69, 9.17) is 9.47 Å². The van der Waals surface area contributed by atoms with Gasteiger partial charge in [-0.05, 0) is 18.2 Å². The summed E-state index contributed by atoms with van der Waals surface area (Å²) >= 11 is 0. The molecule has 2 fully saturated rings. The largest absolute Gasteiger partial charge is 0.478 e. The van der Waals surface area contributed by atoms with Crippen LogP contribution in [0.2, 0.25) is 0 Å². The van der Waals surface area contributed by atoms with E-state index in [-0.39, 0.29) is 29.9 Å². The molecule has 11 nitrogen and oxygen atoms in total. The molecule has 0 bridgehead atoms. The number of hydrogen-bond acceptors (Lipinski definition) is 9. The first-order valence-electron chi connectivity index (χ1n) is 7.12. The van der Waals surface area contributed by atoms with Gasteiger partial charge in [0.2, 0.25) is 0 Å². The van der Waals surface area contributed by atoms with Gasteiger partial charge in [0.05, 0.1) is 18.8 Å². The van der Waals surface area contributed by atoms with E-state index in [2.05, 4.69) is 4.84 Å². The second-order valence-corrected chi connectivity index (χ2v) is 5.69. The van der Waals surface area contributed by atoms with Crippen LogP contribution < -0.4 is 0 Å². The van der Waals surface area contributed by atoms with Gasteiger partial charge >= 0.3 is 17.0 Å². The van der Waals surface area contributed by atoms with Crippen LogP contribution in [0.25, 0.3) is 0 Å². The third kappa shape index (κ3) is 2.82. The maximum absolute atomic E-state index is 11.7. The smallest absolute Gasteiger partial charge is 0.336 e. The third-order valence-electron chi connectivity index (χ3n) is 4.20. The summed E-state index contributed by atoms with van der Waals surface area (Å²) in [4.78, 5) is 37.3. The molecule has 3 N–H and O–H groups in total. The highest BCUT2D eigenvalue weighted by Crippen LogP contribution is 2.42. The molecule has 0 saturated carbocycles. The molecular weight excluding hydrogens is 342 g/mol. The first kappa shape index (κ1) is 17.2. The molecule has 2 heterocycles. The first-order chi connectivity index (χ1) is 11.7. The minimum atomic E-state index is -1.96. The van der Waals surface area contributed by atoms with Crippen molar-refractivity contribution >= 4 is 11.9 Å². The van der Waals surface area contributed by atoms with E-state index in [0.717, 1.165) is 18.2 Å². The van der Waals surface area contributed by atoms with Crippen molar-refractivity contribution in [3.05, 3.63) is 45.0 Å². The summed E-state index contributed by atoms with van der Waals surface area (Å²) in [5.41, 5.74) is -2.85. The molecule has 134 valence electrons. The Morgan fingerprint density at radius 1 is 1.36 bits per heavy atom. The summed E-state index contributed by atoms with van der Waals surface area (Å²) in [6.07, 6.45) is -2.90. The molecule has 0 spiro atoms. The highest BCUT2D eigenvalue weighted by molar-refractivity contribution is 5.94. The van der Waals surface area contributed by atoms with Crippen LogP contribution in [-0.2, 0) is 19.9 Å². The van der Waals surface area contributed by atoms with Crippen molar-refractivity contribution in [2.45, 2.75) is 23.9 Å². The SMILES string of the molecule is O=C(O[N+](=O)[O-])c1ccc(C(=O)O)c([C@@]2(O)CO[C@@H]3[C@H](O)CO[C@@H]32)c1. The summed E-state index contributed by atoms with van der Waals surface area (Å²) in [5.74, 6) is -2.71. The third-order valence-corrected chi connectivity index (χ3v) is 4.20. The maximum Gasteiger partial charge on any atom is 0.336 e. The Kier molecular flexibility index (Phi) is 4.16. The Balaban J connectivity index is 2.05. The number of carbonyl (C=O) groups excluding carboxylic acids is 1. The molecule has 0 aliphatic carbocycles. The van der Waals surface area contributed by atoms with Crippen molar-refractivity contribution in [1.82, 2.24) is 0 Å². The molecule has 3 rings (SSSR count). The molecule has 11 heteroatoms. The summed E-state index contributed by atoms with van der Waals surface area (Å²) in [6.45, 7) is -0.490. The van der Waals surface area contributed by atoms with Gasteiger partial charge in [-0.15, -0.1) is 10.1 Å². The van der Waals surface area contributed by atoms with Crippen LogP contribution >= 0.6 is 0 Å². The zero-order valence-electron chi connectivity index (χ0n) is 12.5. The van der Waals surface area contributed by atoms with Gasteiger partial charge in [-0.1, -0.05) is 0 Å². The van der Waals surface area contributed by atoms with E-state index in [0.29, 0.717) is 0 Å². The number of nitrogens with zero attached hydrogens (tertiary/aromatic N) is 1. The van der Waals surface area contributed by atoms with E-state index < -0.39 is 40.9 Å². The highest BCUT2D eigenvalue weighted by Gasteiger charge is 2.57. The van der Waals surface area contributed by atoms with Crippen molar-refractivity contribution in [2.75, 3.05) is 13.2 Å². The summed E-state index contributed by atoms with van der Waals surface area (Å²) < 4.78 is 10.6. The zero-order chi connectivity index (χ0) is 18.4. The van der Waals surface area contributed by atoms with Crippen molar-refractivity contribution in [1.29, 1.82) is 0 Å². The van der Waals surface area contributed by atoms with Gasteiger partial charge in [0.15, 0.2) is 0 Å². The van der Waals surface area contributed by atoms with Gasteiger partial charge in [-0.25, -0.2) is 9.63 Å². The number of aliphatic hydroxyl groups excluding tert-OH is 1. The minimum absolute atomic E-state index is 0.108. The molecule has 4 atom stereocenters. The fourth-order valence-electron chi connectivity index (χ4n) is 3.07. The van der Waals surface area contributed by atoms with Crippen molar-refractivity contribution in [2.24, 2.45) is 0 Å². The number of carbonyl (C=O) groups is 2. The van der Waals surface area contributed by atoms with Crippen LogP contribution in [0.1, 0.15) is 26.3 Å². The molecule has 1 aromatic carbocycles. The zero-order valence-corrected chi connectivity index (χ0v) is 12.5. The molecule has 0 amide bonds. The fraction of sp³-hybridized carbons (Fsp3) is 0.429. The number of carboxylic acids is 1. The molecule has 2 aliphatic heterocycles.